The van der Waals surface area contributed by atoms with E-state index in [1.54, 1.807) is 12.1 Å². The number of carbonyl (C=O) groups is 1. The van der Waals surface area contributed by atoms with Gasteiger partial charge in [0.1, 0.15) is 0 Å². The van der Waals surface area contributed by atoms with E-state index in [4.69, 9.17) is 9.40 Å². The molecule has 4 heterocycles. The third kappa shape index (κ3) is 3.30. The summed E-state index contributed by atoms with van der Waals surface area (Å²) in [5, 5.41) is 10.1. The van der Waals surface area contributed by atoms with Crippen molar-refractivity contribution in [2.45, 2.75) is 19.9 Å². The normalized spacial score (nSPS) is 16.5. The van der Waals surface area contributed by atoms with Crippen LogP contribution in [0.4, 0.5) is 5.95 Å². The maximum atomic E-state index is 12.9. The minimum atomic E-state index is -0.0848. The first kappa shape index (κ1) is 20.4. The topological polar surface area (TPSA) is 79.8 Å². The van der Waals surface area contributed by atoms with Gasteiger partial charge in [0, 0.05) is 36.6 Å². The van der Waals surface area contributed by atoms with E-state index in [-0.39, 0.29) is 11.9 Å². The van der Waals surface area contributed by atoms with E-state index in [1.807, 2.05) is 33.6 Å². The Labute approximate surface area is 196 Å². The summed E-state index contributed by atoms with van der Waals surface area (Å²) in [5.74, 6) is 1.82. The van der Waals surface area contributed by atoms with Crippen LogP contribution in [0.3, 0.4) is 0 Å². The van der Waals surface area contributed by atoms with Crippen LogP contribution < -0.4 is 4.90 Å². The lowest BCUT2D eigenvalue weighted by molar-refractivity contribution is 0.0640. The summed E-state index contributed by atoms with van der Waals surface area (Å²) in [6.07, 6.45) is 1.53. The van der Waals surface area contributed by atoms with Crippen molar-refractivity contribution >= 4 is 28.4 Å². The second kappa shape index (κ2) is 7.98. The summed E-state index contributed by atoms with van der Waals surface area (Å²) in [6.45, 7) is 5.97. The molecule has 0 spiro atoms. The third-order valence-corrected chi connectivity index (χ3v) is 6.44. The molecule has 3 aromatic heterocycles. The van der Waals surface area contributed by atoms with Crippen LogP contribution in [0.2, 0.25) is 0 Å². The minimum absolute atomic E-state index is 0.0195. The van der Waals surface area contributed by atoms with Crippen LogP contribution in [-0.2, 0) is 0 Å². The zero-order valence-electron chi connectivity index (χ0n) is 19.0. The first-order chi connectivity index (χ1) is 16.6. The zero-order valence-corrected chi connectivity index (χ0v) is 19.0. The van der Waals surface area contributed by atoms with E-state index in [0.717, 1.165) is 33.9 Å². The number of anilines is 1. The van der Waals surface area contributed by atoms with Gasteiger partial charge in [0.15, 0.2) is 17.2 Å². The fraction of sp³-hybridized carbons (Fsp3) is 0.231. The van der Waals surface area contributed by atoms with Crippen molar-refractivity contribution in [1.29, 1.82) is 0 Å². The van der Waals surface area contributed by atoms with Crippen molar-refractivity contribution in [1.82, 2.24) is 24.5 Å². The van der Waals surface area contributed by atoms with Gasteiger partial charge in [-0.2, -0.15) is 0 Å². The Kier molecular flexibility index (Phi) is 4.79. The Balaban J connectivity index is 1.44. The molecular formula is C26H24N6O2. The third-order valence-electron chi connectivity index (χ3n) is 6.44. The summed E-state index contributed by atoms with van der Waals surface area (Å²) >= 11 is 0. The van der Waals surface area contributed by atoms with Crippen molar-refractivity contribution in [3.05, 3.63) is 78.3 Å². The summed E-state index contributed by atoms with van der Waals surface area (Å²) in [5.41, 5.74) is 3.82. The first-order valence-electron chi connectivity index (χ1n) is 11.4. The average Bonchev–Trinajstić information content (AvgIpc) is 3.55. The Morgan fingerprint density at radius 2 is 1.82 bits per heavy atom. The highest BCUT2D eigenvalue weighted by molar-refractivity contribution is 5.94. The van der Waals surface area contributed by atoms with Crippen molar-refractivity contribution in [2.75, 3.05) is 24.5 Å². The van der Waals surface area contributed by atoms with Gasteiger partial charge in [0.2, 0.25) is 5.95 Å². The lowest BCUT2D eigenvalue weighted by Gasteiger charge is -2.40. The van der Waals surface area contributed by atoms with Gasteiger partial charge in [-0.1, -0.05) is 42.0 Å². The Bertz CT molecular complexity index is 1490. The lowest BCUT2D eigenvalue weighted by atomic mass is 10.1. The highest BCUT2D eigenvalue weighted by atomic mass is 16.3. The second-order valence-electron chi connectivity index (χ2n) is 8.75. The average molecular weight is 453 g/mol. The Morgan fingerprint density at radius 3 is 2.59 bits per heavy atom. The van der Waals surface area contributed by atoms with Gasteiger partial charge in [-0.05, 0) is 38.1 Å². The SMILES string of the molecule is Cc1ccc(-c2nnc3c4ccccc4nc(N4CCN(C(=O)c5ccco5)[C@H](C)C4)n23)cc1. The summed E-state index contributed by atoms with van der Waals surface area (Å²) in [4.78, 5) is 22.0. The number of furan rings is 1. The van der Waals surface area contributed by atoms with Gasteiger partial charge in [-0.3, -0.25) is 4.79 Å². The van der Waals surface area contributed by atoms with E-state index in [1.165, 1.54) is 11.8 Å². The number of aromatic nitrogens is 4. The first-order valence-corrected chi connectivity index (χ1v) is 11.4. The highest BCUT2D eigenvalue weighted by Gasteiger charge is 2.31. The monoisotopic (exact) mass is 452 g/mol. The van der Waals surface area contributed by atoms with Gasteiger partial charge >= 0.3 is 0 Å². The van der Waals surface area contributed by atoms with Crippen molar-refractivity contribution in [2.24, 2.45) is 0 Å². The number of nitrogens with zero attached hydrogens (tertiary/aromatic N) is 6. The fourth-order valence-electron chi connectivity index (χ4n) is 4.65. The highest BCUT2D eigenvalue weighted by Crippen LogP contribution is 2.30. The molecule has 2 aromatic carbocycles. The zero-order chi connectivity index (χ0) is 23.2. The molecule has 1 aliphatic rings. The maximum Gasteiger partial charge on any atom is 0.289 e. The van der Waals surface area contributed by atoms with Crippen LogP contribution in [0, 0.1) is 6.92 Å². The van der Waals surface area contributed by atoms with Crippen LogP contribution in [0.1, 0.15) is 23.0 Å². The smallest absolute Gasteiger partial charge is 0.289 e. The number of para-hydroxylation sites is 1. The second-order valence-corrected chi connectivity index (χ2v) is 8.75. The molecule has 1 aliphatic heterocycles. The molecule has 0 N–H and O–H groups in total. The summed E-state index contributed by atoms with van der Waals surface area (Å²) < 4.78 is 7.38. The summed E-state index contributed by atoms with van der Waals surface area (Å²) in [7, 11) is 0. The van der Waals surface area contributed by atoms with E-state index in [9.17, 15) is 4.79 Å². The maximum absolute atomic E-state index is 12.9. The van der Waals surface area contributed by atoms with Gasteiger partial charge in [0.05, 0.1) is 11.8 Å². The van der Waals surface area contributed by atoms with Crippen LogP contribution in [0.5, 0.6) is 0 Å². The standard InChI is InChI=1S/C26H24N6O2/c1-17-9-11-19(12-10-17)23-28-29-24-20-6-3-4-7-21(20)27-26(32(23)24)30-13-14-31(18(2)16-30)25(33)22-8-5-15-34-22/h3-12,15,18H,13-14,16H2,1-2H3/t18-/m1/s1. The molecule has 0 radical (unpaired) electrons. The van der Waals surface area contributed by atoms with E-state index < -0.39 is 0 Å². The fourth-order valence-corrected chi connectivity index (χ4v) is 4.65. The quantitative estimate of drug-likeness (QED) is 0.408. The van der Waals surface area contributed by atoms with Crippen molar-refractivity contribution in [3.63, 3.8) is 0 Å². The molecule has 0 saturated carbocycles. The molecule has 8 nitrogen and oxygen atoms in total. The van der Waals surface area contributed by atoms with E-state index >= 15 is 0 Å². The number of fused-ring (bicyclic) bond motifs is 3. The van der Waals surface area contributed by atoms with Crippen LogP contribution in [0.25, 0.3) is 27.9 Å². The molecule has 1 amide bonds. The molecule has 1 saturated heterocycles. The van der Waals surface area contributed by atoms with Gasteiger partial charge in [0.25, 0.3) is 5.91 Å². The number of amides is 1. The lowest BCUT2D eigenvalue weighted by Crippen LogP contribution is -2.54. The molecule has 0 aliphatic carbocycles. The predicted molar refractivity (Wildman–Crippen MR) is 130 cm³/mol. The molecule has 1 fully saturated rings. The van der Waals surface area contributed by atoms with Crippen molar-refractivity contribution < 1.29 is 9.21 Å². The van der Waals surface area contributed by atoms with Gasteiger partial charge in [-0.15, -0.1) is 10.2 Å². The number of carbonyl (C=O) groups excluding carboxylic acids is 1. The molecule has 6 rings (SSSR count). The number of benzene rings is 2. The molecule has 1 atom stereocenters. The molecule has 5 aromatic rings. The number of piperazine rings is 1. The van der Waals surface area contributed by atoms with Crippen LogP contribution >= 0.6 is 0 Å². The Hall–Kier alpha value is -4.20. The van der Waals surface area contributed by atoms with Crippen LogP contribution in [-0.4, -0.2) is 56.1 Å². The Morgan fingerprint density at radius 1 is 1.00 bits per heavy atom. The minimum Gasteiger partial charge on any atom is -0.459 e. The molecule has 8 heteroatoms. The number of hydrogen-bond donors (Lipinski definition) is 0. The molecule has 0 bridgehead atoms. The molecule has 0 unspecified atom stereocenters. The van der Waals surface area contributed by atoms with Crippen molar-refractivity contribution in [3.8, 4) is 11.4 Å². The number of aryl methyl sites for hydroxylation is 1. The van der Waals surface area contributed by atoms with Gasteiger partial charge < -0.3 is 14.2 Å². The summed E-state index contributed by atoms with van der Waals surface area (Å²) in [6, 6.07) is 19.7. The molecule has 34 heavy (non-hydrogen) atoms. The number of rotatable bonds is 3. The van der Waals surface area contributed by atoms with E-state index in [2.05, 4.69) is 53.2 Å². The van der Waals surface area contributed by atoms with Crippen LogP contribution in [0.15, 0.2) is 71.3 Å². The largest absolute Gasteiger partial charge is 0.459 e. The molecule has 170 valence electrons. The van der Waals surface area contributed by atoms with Gasteiger partial charge in [-0.25, -0.2) is 9.38 Å². The number of hydrogen-bond acceptors (Lipinski definition) is 6. The van der Waals surface area contributed by atoms with E-state index in [0.29, 0.717) is 25.4 Å². The molecular weight excluding hydrogens is 428 g/mol. The predicted octanol–water partition coefficient (Wildman–Crippen LogP) is 4.20.